The largest absolute Gasteiger partial charge is 0.450 e. The van der Waals surface area contributed by atoms with E-state index in [1.165, 1.54) is 0 Å². The summed E-state index contributed by atoms with van der Waals surface area (Å²) in [6.45, 7) is 0. The molecule has 86 valence electrons. The molecule has 1 heterocycles. The summed E-state index contributed by atoms with van der Waals surface area (Å²) < 4.78 is 5.94. The summed E-state index contributed by atoms with van der Waals surface area (Å²) in [5.74, 6) is 0.600. The Bertz CT molecular complexity index is 669. The minimum atomic E-state index is 0.487. The van der Waals surface area contributed by atoms with Gasteiger partial charge in [0.1, 0.15) is 5.76 Å². The Balaban J connectivity index is 2.37. The summed E-state index contributed by atoms with van der Waals surface area (Å²) in [6, 6.07) is 14.5. The molecule has 3 nitrogen and oxygen atoms in total. The fourth-order valence-electron chi connectivity index (χ4n) is 1.45. The summed E-state index contributed by atoms with van der Waals surface area (Å²) in [5, 5.41) is 17.8. The van der Waals surface area contributed by atoms with Crippen molar-refractivity contribution in [3.63, 3.8) is 0 Å². The van der Waals surface area contributed by atoms with Crippen LogP contribution in [0.4, 0.5) is 0 Å². The van der Waals surface area contributed by atoms with Crippen molar-refractivity contribution >= 4 is 27.6 Å². The molecule has 2 rings (SSSR count). The first kappa shape index (κ1) is 12.2. The highest BCUT2D eigenvalue weighted by atomic mass is 79.9. The third-order valence-electron chi connectivity index (χ3n) is 2.33. The molecule has 0 aliphatic rings. The van der Waals surface area contributed by atoms with Crippen LogP contribution in [0.25, 0.3) is 11.6 Å². The van der Waals surface area contributed by atoms with Crippen molar-refractivity contribution in [3.05, 3.63) is 58.0 Å². The van der Waals surface area contributed by atoms with Crippen molar-refractivity contribution in [2.75, 3.05) is 0 Å². The number of nitriles is 2. The molecule has 1 aromatic carbocycles. The molecule has 0 bridgehead atoms. The molecule has 0 atom stereocenters. The first-order valence-electron chi connectivity index (χ1n) is 5.10. The quantitative estimate of drug-likeness (QED) is 0.788. The molecular formula is C14H7BrN2O. The highest BCUT2D eigenvalue weighted by Gasteiger charge is 2.03. The maximum atomic E-state index is 9.14. The maximum absolute atomic E-state index is 9.14. The van der Waals surface area contributed by atoms with Gasteiger partial charge in [-0.05, 0) is 51.8 Å². The van der Waals surface area contributed by atoms with E-state index in [-0.39, 0.29) is 0 Å². The van der Waals surface area contributed by atoms with Crippen LogP contribution in [-0.2, 0) is 0 Å². The van der Waals surface area contributed by atoms with Gasteiger partial charge in [-0.15, -0.1) is 0 Å². The topological polar surface area (TPSA) is 60.7 Å². The van der Waals surface area contributed by atoms with Gasteiger partial charge < -0.3 is 4.42 Å². The summed E-state index contributed by atoms with van der Waals surface area (Å²) >= 11 is 3.20. The lowest BCUT2D eigenvalue weighted by molar-refractivity contribution is 0.532. The Morgan fingerprint density at radius 1 is 1.11 bits per heavy atom. The van der Waals surface area contributed by atoms with Crippen molar-refractivity contribution < 1.29 is 4.42 Å². The van der Waals surface area contributed by atoms with Crippen molar-refractivity contribution in [2.24, 2.45) is 0 Å². The third-order valence-corrected chi connectivity index (χ3v) is 2.75. The standard InChI is InChI=1S/C14H7BrN2O/c15-14-6-5-13(18-14)7-12(9-17)11-3-1-10(8-16)2-4-11/h1-7H. The van der Waals surface area contributed by atoms with E-state index in [1.54, 1.807) is 42.5 Å². The number of benzene rings is 1. The molecule has 18 heavy (non-hydrogen) atoms. The Labute approximate surface area is 113 Å². The zero-order valence-electron chi connectivity index (χ0n) is 9.22. The molecule has 0 amide bonds. The lowest BCUT2D eigenvalue weighted by Crippen LogP contribution is -1.82. The summed E-state index contributed by atoms with van der Waals surface area (Å²) in [4.78, 5) is 0. The zero-order chi connectivity index (χ0) is 13.0. The molecule has 0 saturated heterocycles. The normalized spacial score (nSPS) is 10.7. The van der Waals surface area contributed by atoms with Gasteiger partial charge in [-0.25, -0.2) is 0 Å². The summed E-state index contributed by atoms with van der Waals surface area (Å²) in [5.41, 5.74) is 1.81. The Kier molecular flexibility index (Phi) is 3.62. The van der Waals surface area contributed by atoms with Crippen LogP contribution >= 0.6 is 15.9 Å². The Morgan fingerprint density at radius 3 is 2.33 bits per heavy atom. The minimum absolute atomic E-state index is 0.487. The van der Waals surface area contributed by atoms with Gasteiger partial charge in [0.15, 0.2) is 4.67 Å². The van der Waals surface area contributed by atoms with E-state index >= 15 is 0 Å². The molecule has 2 aromatic rings. The smallest absolute Gasteiger partial charge is 0.169 e. The van der Waals surface area contributed by atoms with Gasteiger partial charge in [0.05, 0.1) is 23.3 Å². The molecule has 0 radical (unpaired) electrons. The monoisotopic (exact) mass is 298 g/mol. The highest BCUT2D eigenvalue weighted by Crippen LogP contribution is 2.21. The SMILES string of the molecule is N#CC(=Cc1ccc(Br)o1)c1ccc(C#N)cc1. The predicted molar refractivity (Wildman–Crippen MR) is 71.0 cm³/mol. The number of furan rings is 1. The predicted octanol–water partition coefficient (Wildman–Crippen LogP) is 3.98. The van der Waals surface area contributed by atoms with Crippen LogP contribution in [0.1, 0.15) is 16.9 Å². The molecule has 0 aliphatic heterocycles. The van der Waals surface area contributed by atoms with E-state index in [9.17, 15) is 0 Å². The van der Waals surface area contributed by atoms with Crippen molar-refractivity contribution in [1.29, 1.82) is 10.5 Å². The number of rotatable bonds is 2. The van der Waals surface area contributed by atoms with E-state index in [4.69, 9.17) is 14.9 Å². The Hall–Kier alpha value is -2.30. The molecular weight excluding hydrogens is 292 g/mol. The van der Waals surface area contributed by atoms with Gasteiger partial charge in [0.2, 0.25) is 0 Å². The molecule has 0 spiro atoms. The van der Waals surface area contributed by atoms with Crippen LogP contribution in [-0.4, -0.2) is 0 Å². The van der Waals surface area contributed by atoms with Crippen LogP contribution < -0.4 is 0 Å². The number of halogens is 1. The second-order valence-corrected chi connectivity index (χ2v) is 4.28. The average molecular weight is 299 g/mol. The van der Waals surface area contributed by atoms with E-state index in [0.717, 1.165) is 5.56 Å². The van der Waals surface area contributed by atoms with Crippen molar-refractivity contribution in [3.8, 4) is 12.1 Å². The van der Waals surface area contributed by atoms with Gasteiger partial charge in [-0.2, -0.15) is 10.5 Å². The van der Waals surface area contributed by atoms with Gasteiger partial charge in [-0.1, -0.05) is 12.1 Å². The number of hydrogen-bond acceptors (Lipinski definition) is 3. The van der Waals surface area contributed by atoms with Crippen LogP contribution in [0.3, 0.4) is 0 Å². The molecule has 0 unspecified atom stereocenters. The number of allylic oxidation sites excluding steroid dienone is 1. The molecule has 0 saturated carbocycles. The van der Waals surface area contributed by atoms with Gasteiger partial charge in [0.25, 0.3) is 0 Å². The van der Waals surface area contributed by atoms with Crippen LogP contribution in [0.2, 0.25) is 0 Å². The second-order valence-electron chi connectivity index (χ2n) is 3.50. The molecule has 0 N–H and O–H groups in total. The third kappa shape index (κ3) is 2.68. The van der Waals surface area contributed by atoms with Gasteiger partial charge in [0, 0.05) is 0 Å². The number of hydrogen-bond donors (Lipinski definition) is 0. The van der Waals surface area contributed by atoms with Crippen molar-refractivity contribution in [1.82, 2.24) is 0 Å². The van der Waals surface area contributed by atoms with Crippen LogP contribution in [0.5, 0.6) is 0 Å². The van der Waals surface area contributed by atoms with Gasteiger partial charge >= 0.3 is 0 Å². The second kappa shape index (κ2) is 5.35. The molecule has 0 aliphatic carbocycles. The average Bonchev–Trinajstić information content (AvgIpc) is 2.82. The zero-order valence-corrected chi connectivity index (χ0v) is 10.8. The molecule has 0 fully saturated rings. The van der Waals surface area contributed by atoms with Crippen LogP contribution in [0, 0.1) is 22.7 Å². The lowest BCUT2D eigenvalue weighted by Gasteiger charge is -1.98. The molecule has 4 heteroatoms. The van der Waals surface area contributed by atoms with E-state index < -0.39 is 0 Å². The van der Waals surface area contributed by atoms with Gasteiger partial charge in [-0.3, -0.25) is 0 Å². The fraction of sp³-hybridized carbons (Fsp3) is 0. The van der Waals surface area contributed by atoms with Crippen LogP contribution in [0.15, 0.2) is 45.5 Å². The minimum Gasteiger partial charge on any atom is -0.450 e. The first-order valence-corrected chi connectivity index (χ1v) is 5.90. The first-order chi connectivity index (χ1) is 8.72. The summed E-state index contributed by atoms with van der Waals surface area (Å²) in [6.07, 6.45) is 1.66. The maximum Gasteiger partial charge on any atom is 0.169 e. The fourth-order valence-corrected chi connectivity index (χ4v) is 1.77. The van der Waals surface area contributed by atoms with E-state index in [1.807, 2.05) is 6.07 Å². The Morgan fingerprint density at radius 2 is 1.83 bits per heavy atom. The van der Waals surface area contributed by atoms with E-state index in [0.29, 0.717) is 21.6 Å². The number of nitrogens with zero attached hydrogens (tertiary/aromatic N) is 2. The lowest BCUT2D eigenvalue weighted by atomic mass is 10.0. The summed E-state index contributed by atoms with van der Waals surface area (Å²) in [7, 11) is 0. The molecule has 1 aromatic heterocycles. The van der Waals surface area contributed by atoms with E-state index in [2.05, 4.69) is 22.0 Å². The van der Waals surface area contributed by atoms with Crippen molar-refractivity contribution in [2.45, 2.75) is 0 Å². The highest BCUT2D eigenvalue weighted by molar-refractivity contribution is 9.10.